The Kier molecular flexibility index (Phi) is 8.39. The summed E-state index contributed by atoms with van der Waals surface area (Å²) in [5.41, 5.74) is 2.09. The van der Waals surface area contributed by atoms with Crippen molar-refractivity contribution in [1.82, 2.24) is 34.8 Å². The summed E-state index contributed by atoms with van der Waals surface area (Å²) in [5, 5.41) is 15.1. The Morgan fingerprint density at radius 3 is 2.65 bits per heavy atom. The van der Waals surface area contributed by atoms with Gasteiger partial charge in [-0.15, -0.1) is 34.2 Å². The lowest BCUT2D eigenvalue weighted by molar-refractivity contribution is 0.693. The average Bonchev–Trinajstić information content (AvgIpc) is 3.39. The van der Waals surface area contributed by atoms with Gasteiger partial charge in [0.2, 0.25) is 0 Å². The van der Waals surface area contributed by atoms with Crippen LogP contribution in [0.3, 0.4) is 0 Å². The monoisotopic (exact) mass is 530 g/mol. The summed E-state index contributed by atoms with van der Waals surface area (Å²) < 4.78 is 4.14. The molecule has 3 heterocycles. The van der Waals surface area contributed by atoms with Crippen LogP contribution in [-0.4, -0.2) is 43.2 Å². The Balaban J connectivity index is 0.00000272. The van der Waals surface area contributed by atoms with Gasteiger partial charge in [0.1, 0.15) is 12.4 Å². The van der Waals surface area contributed by atoms with E-state index in [-0.39, 0.29) is 24.0 Å². The Bertz CT molecular complexity index is 1100. The zero-order valence-corrected chi connectivity index (χ0v) is 19.8. The van der Waals surface area contributed by atoms with Crippen LogP contribution in [0, 0.1) is 0 Å². The third-order valence-electron chi connectivity index (χ3n) is 4.75. The Morgan fingerprint density at radius 1 is 0.968 bits per heavy atom. The molecule has 3 aromatic heterocycles. The molecule has 4 rings (SSSR count). The fourth-order valence-electron chi connectivity index (χ4n) is 3.28. The lowest BCUT2D eigenvalue weighted by Gasteiger charge is -2.12. The maximum Gasteiger partial charge on any atom is 0.191 e. The highest BCUT2D eigenvalue weighted by atomic mass is 127. The maximum atomic E-state index is 4.66. The summed E-state index contributed by atoms with van der Waals surface area (Å²) in [6, 6.07) is 16.3. The van der Waals surface area contributed by atoms with Crippen LogP contribution in [0.4, 0.5) is 0 Å². The molecule has 0 saturated carbocycles. The minimum Gasteiger partial charge on any atom is -0.357 e. The fraction of sp³-hybridized carbons (Fsp3) is 0.273. The molecule has 2 N–H and O–H groups in total. The number of nitrogens with one attached hydrogen (secondary N) is 2. The van der Waals surface area contributed by atoms with E-state index in [2.05, 4.69) is 66.6 Å². The molecule has 162 valence electrons. The number of pyridine rings is 1. The van der Waals surface area contributed by atoms with Crippen molar-refractivity contribution in [3.63, 3.8) is 0 Å². The van der Waals surface area contributed by atoms with Gasteiger partial charge in [-0.1, -0.05) is 36.4 Å². The van der Waals surface area contributed by atoms with Crippen LogP contribution in [0.5, 0.6) is 0 Å². The predicted molar refractivity (Wildman–Crippen MR) is 133 cm³/mol. The van der Waals surface area contributed by atoms with Crippen molar-refractivity contribution in [3.05, 3.63) is 84.3 Å². The van der Waals surface area contributed by atoms with Crippen molar-refractivity contribution in [1.29, 1.82) is 0 Å². The first kappa shape index (κ1) is 22.7. The summed E-state index contributed by atoms with van der Waals surface area (Å²) >= 11 is 0. The van der Waals surface area contributed by atoms with Crippen molar-refractivity contribution in [3.8, 4) is 0 Å². The van der Waals surface area contributed by atoms with Crippen LogP contribution in [0.1, 0.15) is 24.1 Å². The molecule has 0 aliphatic carbocycles. The first-order valence-corrected chi connectivity index (χ1v) is 10.2. The van der Waals surface area contributed by atoms with Gasteiger partial charge in [-0.05, 0) is 24.6 Å². The quantitative estimate of drug-likeness (QED) is 0.208. The number of aromatic nitrogens is 5. The van der Waals surface area contributed by atoms with Gasteiger partial charge in [-0.25, -0.2) is 9.98 Å². The molecule has 0 atom stereocenters. The van der Waals surface area contributed by atoms with Crippen molar-refractivity contribution >= 4 is 35.6 Å². The molecule has 0 spiro atoms. The number of imidazole rings is 1. The van der Waals surface area contributed by atoms with E-state index in [1.807, 2.05) is 47.3 Å². The Hall–Kier alpha value is -2.95. The van der Waals surface area contributed by atoms with Gasteiger partial charge in [0.05, 0.1) is 0 Å². The molecule has 0 unspecified atom stereocenters. The minimum atomic E-state index is 0. The van der Waals surface area contributed by atoms with Crippen molar-refractivity contribution < 1.29 is 0 Å². The van der Waals surface area contributed by atoms with Crippen LogP contribution in [0.15, 0.2) is 72.1 Å². The van der Waals surface area contributed by atoms with Crippen LogP contribution >= 0.6 is 24.0 Å². The summed E-state index contributed by atoms with van der Waals surface area (Å²) in [4.78, 5) is 9.18. The topological polar surface area (TPSA) is 84.4 Å². The number of fused-ring (bicyclic) bond motifs is 1. The van der Waals surface area contributed by atoms with Crippen LogP contribution < -0.4 is 10.6 Å². The highest BCUT2D eigenvalue weighted by molar-refractivity contribution is 14.0. The highest BCUT2D eigenvalue weighted by Gasteiger charge is 2.06. The smallest absolute Gasteiger partial charge is 0.191 e. The maximum absolute atomic E-state index is 4.66. The molecule has 0 aliphatic rings. The Labute approximate surface area is 198 Å². The van der Waals surface area contributed by atoms with Crippen LogP contribution in [0.25, 0.3) is 5.65 Å². The Morgan fingerprint density at radius 2 is 1.81 bits per heavy atom. The molecule has 9 heteroatoms. The van der Waals surface area contributed by atoms with E-state index < -0.39 is 0 Å². The van der Waals surface area contributed by atoms with Crippen molar-refractivity contribution in [2.45, 2.75) is 26.4 Å². The summed E-state index contributed by atoms with van der Waals surface area (Å²) in [7, 11) is 0. The third-order valence-corrected chi connectivity index (χ3v) is 4.75. The number of aliphatic imine (C=N–C) groups is 1. The zero-order valence-electron chi connectivity index (χ0n) is 17.5. The minimum absolute atomic E-state index is 0. The first-order chi connectivity index (χ1) is 14.8. The highest BCUT2D eigenvalue weighted by Crippen LogP contribution is 2.06. The SMILES string of the molecule is CCNC(=NCc1nnc2ccccn12)NCCc1nccn1Cc1ccccc1.I. The van der Waals surface area contributed by atoms with Gasteiger partial charge in [-0.2, -0.15) is 0 Å². The summed E-state index contributed by atoms with van der Waals surface area (Å²) in [6.45, 7) is 4.84. The number of hydrogen-bond acceptors (Lipinski definition) is 4. The lowest BCUT2D eigenvalue weighted by atomic mass is 10.2. The van der Waals surface area contributed by atoms with Gasteiger partial charge in [-0.3, -0.25) is 4.40 Å². The van der Waals surface area contributed by atoms with Crippen molar-refractivity contribution in [2.24, 2.45) is 4.99 Å². The van der Waals surface area contributed by atoms with E-state index in [4.69, 9.17) is 0 Å². The zero-order chi connectivity index (χ0) is 20.6. The second kappa shape index (κ2) is 11.4. The van der Waals surface area contributed by atoms with Gasteiger partial charge in [0, 0.05) is 44.6 Å². The molecule has 4 aromatic rings. The van der Waals surface area contributed by atoms with Crippen LogP contribution in [-0.2, 0) is 19.5 Å². The molecule has 8 nitrogen and oxygen atoms in total. The number of benzene rings is 1. The molecule has 0 fully saturated rings. The molecule has 0 aliphatic heterocycles. The van der Waals surface area contributed by atoms with Crippen molar-refractivity contribution in [2.75, 3.05) is 13.1 Å². The molecule has 0 radical (unpaired) electrons. The van der Waals surface area contributed by atoms with Gasteiger partial charge in [0.25, 0.3) is 0 Å². The molecule has 31 heavy (non-hydrogen) atoms. The molecule has 0 amide bonds. The van der Waals surface area contributed by atoms with E-state index in [0.717, 1.165) is 49.3 Å². The largest absolute Gasteiger partial charge is 0.357 e. The van der Waals surface area contributed by atoms with E-state index in [1.165, 1.54) is 5.56 Å². The average molecular weight is 530 g/mol. The number of rotatable bonds is 8. The van der Waals surface area contributed by atoms with E-state index in [1.54, 1.807) is 0 Å². The molecular weight excluding hydrogens is 503 g/mol. The number of nitrogens with zero attached hydrogens (tertiary/aromatic N) is 6. The van der Waals surface area contributed by atoms with Gasteiger partial charge in [0.15, 0.2) is 17.4 Å². The lowest BCUT2D eigenvalue weighted by Crippen LogP contribution is -2.38. The molecule has 0 bridgehead atoms. The molecular formula is C22H27IN8. The first-order valence-electron chi connectivity index (χ1n) is 10.2. The van der Waals surface area contributed by atoms with Gasteiger partial charge < -0.3 is 15.2 Å². The van der Waals surface area contributed by atoms with E-state index >= 15 is 0 Å². The fourth-order valence-corrected chi connectivity index (χ4v) is 3.28. The third kappa shape index (κ3) is 6.03. The van der Waals surface area contributed by atoms with E-state index in [0.29, 0.717) is 6.54 Å². The molecule has 1 aromatic carbocycles. The number of guanidine groups is 1. The van der Waals surface area contributed by atoms with E-state index in [9.17, 15) is 0 Å². The summed E-state index contributed by atoms with van der Waals surface area (Å²) in [6.07, 6.45) is 6.64. The number of halogens is 1. The second-order valence-corrected chi connectivity index (χ2v) is 6.87. The molecule has 0 saturated heterocycles. The van der Waals surface area contributed by atoms with Gasteiger partial charge >= 0.3 is 0 Å². The normalized spacial score (nSPS) is 11.3. The second-order valence-electron chi connectivity index (χ2n) is 6.87. The predicted octanol–water partition coefficient (Wildman–Crippen LogP) is 2.89. The summed E-state index contributed by atoms with van der Waals surface area (Å²) in [5.74, 6) is 2.61. The standard InChI is InChI=1S/C22H26N8.HI/c1-2-23-22(26-16-21-28-27-20-10-6-7-14-30(20)21)25-12-11-19-24-13-15-29(19)17-18-8-4-3-5-9-18;/h3-10,13-15H,2,11-12,16-17H2,1H3,(H2,23,25,26);1H. The number of hydrogen-bond donors (Lipinski definition) is 2. The van der Waals surface area contributed by atoms with Crippen LogP contribution in [0.2, 0.25) is 0 Å².